The van der Waals surface area contributed by atoms with Crippen LogP contribution in [0.2, 0.25) is 0 Å². The van der Waals surface area contributed by atoms with Gasteiger partial charge in [-0.1, -0.05) is 30.3 Å². The van der Waals surface area contributed by atoms with Gasteiger partial charge in [-0.3, -0.25) is 4.79 Å². The van der Waals surface area contributed by atoms with Crippen LogP contribution in [0.15, 0.2) is 30.3 Å². The first-order valence-electron chi connectivity index (χ1n) is 6.76. The van der Waals surface area contributed by atoms with Crippen LogP contribution in [-0.4, -0.2) is 18.4 Å². The van der Waals surface area contributed by atoms with Gasteiger partial charge in [0.2, 0.25) is 0 Å². The molecule has 1 heterocycles. The minimum atomic E-state index is 0.377. The van der Waals surface area contributed by atoms with Crippen molar-refractivity contribution >= 4 is 5.78 Å². The van der Waals surface area contributed by atoms with E-state index in [-0.39, 0.29) is 0 Å². The van der Waals surface area contributed by atoms with Gasteiger partial charge < -0.3 is 4.90 Å². The third kappa shape index (κ3) is 2.14. The van der Waals surface area contributed by atoms with E-state index < -0.39 is 0 Å². The largest absolute Gasteiger partial charge is 0.328 e. The van der Waals surface area contributed by atoms with E-state index in [1.165, 1.54) is 18.4 Å². The maximum Gasteiger partial charge on any atom is 0.147 e. The summed E-state index contributed by atoms with van der Waals surface area (Å²) in [6.07, 6.45) is 4.43. The highest BCUT2D eigenvalue weighted by Crippen LogP contribution is 2.27. The van der Waals surface area contributed by atoms with Crippen molar-refractivity contribution in [2.24, 2.45) is 5.92 Å². The number of Topliss-reactive ketones (excluding diaryl/α,β-unsaturated/α-hetero) is 1. The Kier molecular flexibility index (Phi) is 2.98. The lowest BCUT2D eigenvalue weighted by molar-refractivity contribution is -0.942. The number of hydrogen-bond donors (Lipinski definition) is 1. The molecule has 0 amide bonds. The molecule has 0 spiro atoms. The Balaban J connectivity index is 1.73. The molecular formula is C15H20NO+. The van der Waals surface area contributed by atoms with Crippen LogP contribution in [0.3, 0.4) is 0 Å². The van der Waals surface area contributed by atoms with Gasteiger partial charge in [-0.25, -0.2) is 0 Å². The van der Waals surface area contributed by atoms with Crippen LogP contribution in [0, 0.1) is 5.92 Å². The van der Waals surface area contributed by atoms with E-state index in [2.05, 4.69) is 30.3 Å². The number of hydrogen-bond acceptors (Lipinski definition) is 1. The number of rotatable bonds is 2. The van der Waals surface area contributed by atoms with Crippen LogP contribution in [0.25, 0.3) is 0 Å². The normalized spacial score (nSPS) is 32.5. The molecule has 2 heteroatoms. The summed E-state index contributed by atoms with van der Waals surface area (Å²) in [6, 6.07) is 11.3. The van der Waals surface area contributed by atoms with E-state index in [0.29, 0.717) is 17.7 Å². The number of benzene rings is 1. The fourth-order valence-electron chi connectivity index (χ4n) is 3.57. The minimum Gasteiger partial charge on any atom is -0.328 e. The number of nitrogens with one attached hydrogen (secondary N) is 1. The molecule has 0 radical (unpaired) electrons. The fraction of sp³-hybridized carbons (Fsp3) is 0.533. The summed E-state index contributed by atoms with van der Waals surface area (Å²) in [6.45, 7) is 2.13. The number of carbonyl (C=O) groups is 1. The van der Waals surface area contributed by atoms with Crippen LogP contribution in [0.5, 0.6) is 0 Å². The van der Waals surface area contributed by atoms with E-state index >= 15 is 0 Å². The number of fused-ring (bicyclic) bond motifs is 1. The number of carbonyl (C=O) groups excluding carboxylic acids is 1. The molecular weight excluding hydrogens is 210 g/mol. The first-order valence-corrected chi connectivity index (χ1v) is 6.76. The number of piperidine rings is 1. The average molecular weight is 230 g/mol. The molecule has 2 nitrogen and oxygen atoms in total. The molecule has 1 aromatic carbocycles. The van der Waals surface area contributed by atoms with E-state index in [1.807, 2.05) is 0 Å². The molecule has 2 aliphatic rings. The van der Waals surface area contributed by atoms with Crippen molar-refractivity contribution < 1.29 is 9.69 Å². The summed E-state index contributed by atoms with van der Waals surface area (Å²) in [5, 5.41) is 0. The first-order chi connectivity index (χ1) is 8.34. The second-order valence-corrected chi connectivity index (χ2v) is 5.43. The summed E-state index contributed by atoms with van der Waals surface area (Å²) in [5.74, 6) is 0.909. The average Bonchev–Trinajstić information content (AvgIpc) is 2.84. The van der Waals surface area contributed by atoms with Crippen LogP contribution >= 0.6 is 0 Å². The predicted molar refractivity (Wildman–Crippen MR) is 66.7 cm³/mol. The fourth-order valence-corrected chi connectivity index (χ4v) is 3.57. The molecule has 3 rings (SSSR count). The highest BCUT2D eigenvalue weighted by molar-refractivity contribution is 5.82. The van der Waals surface area contributed by atoms with Gasteiger partial charge in [-0.05, 0) is 12.8 Å². The lowest BCUT2D eigenvalue weighted by Crippen LogP contribution is -3.16. The van der Waals surface area contributed by atoms with Gasteiger partial charge in [0, 0.05) is 12.0 Å². The zero-order valence-electron chi connectivity index (χ0n) is 10.2. The topological polar surface area (TPSA) is 21.5 Å². The Morgan fingerprint density at radius 3 is 2.82 bits per heavy atom. The smallest absolute Gasteiger partial charge is 0.147 e. The molecule has 1 saturated heterocycles. The monoisotopic (exact) mass is 230 g/mol. The molecule has 3 atom stereocenters. The van der Waals surface area contributed by atoms with Gasteiger partial charge in [-0.2, -0.15) is 0 Å². The first kappa shape index (κ1) is 11.0. The van der Waals surface area contributed by atoms with Crippen molar-refractivity contribution in [3.05, 3.63) is 35.9 Å². The van der Waals surface area contributed by atoms with Crippen molar-refractivity contribution in [3.8, 4) is 0 Å². The molecule has 1 aromatic rings. The Bertz CT molecular complexity index is 401. The lowest BCUT2D eigenvalue weighted by atomic mass is 9.90. The minimum absolute atomic E-state index is 0.377. The Labute approximate surface area is 103 Å². The molecule has 1 aliphatic heterocycles. The van der Waals surface area contributed by atoms with Gasteiger partial charge in [0.05, 0.1) is 24.9 Å². The maximum atomic E-state index is 11.9. The number of likely N-dealkylation sites (tertiary alicyclic amines) is 1. The molecule has 90 valence electrons. The third-order valence-electron chi connectivity index (χ3n) is 4.42. The number of quaternary nitrogens is 1. The Morgan fingerprint density at radius 1 is 1.18 bits per heavy atom. The molecule has 0 bridgehead atoms. The van der Waals surface area contributed by atoms with Gasteiger partial charge in [0.15, 0.2) is 0 Å². The molecule has 1 saturated carbocycles. The quantitative estimate of drug-likeness (QED) is 0.810. The van der Waals surface area contributed by atoms with Crippen molar-refractivity contribution in [2.75, 3.05) is 6.54 Å². The molecule has 1 unspecified atom stereocenters. The van der Waals surface area contributed by atoms with Crippen molar-refractivity contribution in [3.63, 3.8) is 0 Å². The SMILES string of the molecule is O=C1CC[NH+](Cc2ccccc2)[C@H]2CCC[C@H]12. The van der Waals surface area contributed by atoms with Gasteiger partial charge in [0.25, 0.3) is 0 Å². The highest BCUT2D eigenvalue weighted by Gasteiger charge is 2.43. The van der Waals surface area contributed by atoms with E-state index in [0.717, 1.165) is 25.9 Å². The molecule has 1 aliphatic carbocycles. The standard InChI is InChI=1S/C15H19NO/c17-15-9-10-16(14-8-4-7-13(14)15)11-12-5-2-1-3-6-12/h1-3,5-6,13-14H,4,7-11H2/p+1/t13-,14-/m0/s1. The highest BCUT2D eigenvalue weighted by atomic mass is 16.1. The van der Waals surface area contributed by atoms with Crippen molar-refractivity contribution in [2.45, 2.75) is 38.3 Å². The summed E-state index contributed by atoms with van der Waals surface area (Å²) in [4.78, 5) is 13.5. The summed E-state index contributed by atoms with van der Waals surface area (Å²) in [5.41, 5.74) is 1.41. The van der Waals surface area contributed by atoms with Crippen LogP contribution in [-0.2, 0) is 11.3 Å². The van der Waals surface area contributed by atoms with E-state index in [9.17, 15) is 4.79 Å². The Hall–Kier alpha value is -1.15. The van der Waals surface area contributed by atoms with E-state index in [1.54, 1.807) is 4.90 Å². The van der Waals surface area contributed by atoms with Crippen LogP contribution in [0.1, 0.15) is 31.2 Å². The van der Waals surface area contributed by atoms with Crippen LogP contribution < -0.4 is 4.90 Å². The van der Waals surface area contributed by atoms with Gasteiger partial charge >= 0.3 is 0 Å². The van der Waals surface area contributed by atoms with Crippen molar-refractivity contribution in [1.82, 2.24) is 0 Å². The van der Waals surface area contributed by atoms with Crippen LogP contribution in [0.4, 0.5) is 0 Å². The van der Waals surface area contributed by atoms with E-state index in [4.69, 9.17) is 0 Å². The maximum absolute atomic E-state index is 11.9. The van der Waals surface area contributed by atoms with Gasteiger partial charge in [-0.15, -0.1) is 0 Å². The van der Waals surface area contributed by atoms with Gasteiger partial charge in [0.1, 0.15) is 12.3 Å². The summed E-state index contributed by atoms with van der Waals surface area (Å²) < 4.78 is 0. The molecule has 17 heavy (non-hydrogen) atoms. The predicted octanol–water partition coefficient (Wildman–Crippen LogP) is 1.21. The summed E-state index contributed by atoms with van der Waals surface area (Å²) in [7, 11) is 0. The zero-order chi connectivity index (χ0) is 11.7. The molecule has 1 N–H and O–H groups in total. The third-order valence-corrected chi connectivity index (χ3v) is 4.42. The molecule has 2 fully saturated rings. The molecule has 0 aromatic heterocycles. The van der Waals surface area contributed by atoms with Crippen molar-refractivity contribution in [1.29, 1.82) is 0 Å². The lowest BCUT2D eigenvalue weighted by Gasteiger charge is -2.33. The Morgan fingerprint density at radius 2 is 2.00 bits per heavy atom. The zero-order valence-corrected chi connectivity index (χ0v) is 10.2. The number of ketones is 1. The second kappa shape index (κ2) is 4.61. The second-order valence-electron chi connectivity index (χ2n) is 5.43. The summed E-state index contributed by atoms with van der Waals surface area (Å²) >= 11 is 0.